The Bertz CT molecular complexity index is 1220. The van der Waals surface area contributed by atoms with Crippen molar-refractivity contribution in [1.82, 2.24) is 5.32 Å². The van der Waals surface area contributed by atoms with E-state index in [9.17, 15) is 0 Å². The number of hydrogen-bond donors (Lipinski definition) is 3. The maximum atomic E-state index is 7.63. The summed E-state index contributed by atoms with van der Waals surface area (Å²) in [5.41, 5.74) is 17.0. The van der Waals surface area contributed by atoms with Crippen molar-refractivity contribution in [2.75, 3.05) is 13.1 Å². The first-order valence-electron chi connectivity index (χ1n) is 12.3. The first kappa shape index (κ1) is 23.7. The van der Waals surface area contributed by atoms with E-state index in [2.05, 4.69) is 73.5 Å². The van der Waals surface area contributed by atoms with E-state index in [1.165, 1.54) is 44.5 Å². The molecule has 0 unspecified atom stereocenters. The van der Waals surface area contributed by atoms with Crippen molar-refractivity contribution in [2.45, 2.75) is 52.9 Å². The van der Waals surface area contributed by atoms with Crippen molar-refractivity contribution in [3.8, 4) is 0 Å². The number of benzene rings is 3. The average molecular weight is 453 g/mol. The van der Waals surface area contributed by atoms with Gasteiger partial charge in [-0.05, 0) is 98.4 Å². The third-order valence-corrected chi connectivity index (χ3v) is 6.73. The van der Waals surface area contributed by atoms with Crippen LogP contribution in [-0.4, -0.2) is 24.8 Å². The Morgan fingerprint density at radius 1 is 0.853 bits per heavy atom. The molecule has 1 heterocycles. The van der Waals surface area contributed by atoms with Gasteiger partial charge in [0.15, 0.2) is 0 Å². The number of nitrogens with two attached hydrogens (primary N) is 1. The third kappa shape index (κ3) is 5.93. The van der Waals surface area contributed by atoms with E-state index in [1.54, 1.807) is 0 Å². The van der Waals surface area contributed by atoms with Crippen LogP contribution in [0.3, 0.4) is 0 Å². The number of rotatable bonds is 8. The highest BCUT2D eigenvalue weighted by Crippen LogP contribution is 2.19. The highest BCUT2D eigenvalue weighted by atomic mass is 15.0. The Balaban J connectivity index is 1.40. The van der Waals surface area contributed by atoms with Crippen LogP contribution in [0.25, 0.3) is 0 Å². The molecule has 0 aliphatic carbocycles. The molecule has 4 nitrogen and oxygen atoms in total. The van der Waals surface area contributed by atoms with Crippen LogP contribution < -0.4 is 11.1 Å². The molecule has 4 heteroatoms. The molecule has 4 N–H and O–H groups in total. The molecule has 1 aliphatic heterocycles. The predicted octanol–water partition coefficient (Wildman–Crippen LogP) is 5.21. The molecule has 34 heavy (non-hydrogen) atoms. The Hall–Kier alpha value is -3.40. The summed E-state index contributed by atoms with van der Waals surface area (Å²) < 4.78 is 0. The molecule has 0 fully saturated rings. The van der Waals surface area contributed by atoms with Gasteiger partial charge < -0.3 is 11.1 Å². The summed E-state index contributed by atoms with van der Waals surface area (Å²) in [5, 5.41) is 11.1. The standard InChI is InChI=1S/C30H36N4/c1-20-15-23(5-7-25-9-11-27(29(31)32)17-21(25)2)19-24(16-20)6-8-26-10-12-28(18-22(26)3)30-33-13-4-14-34-30/h9-12,15-19H,4-8,13-14H2,1-3H3,(H3,31,32)(H,33,34). The minimum absolute atomic E-state index is 0.127. The van der Waals surface area contributed by atoms with Crippen molar-refractivity contribution in [1.29, 1.82) is 5.41 Å². The molecule has 176 valence electrons. The van der Waals surface area contributed by atoms with Crippen LogP contribution >= 0.6 is 0 Å². The SMILES string of the molecule is Cc1cc(CCc2ccc(C(=N)N)cc2C)cc(CCc2ccc(C3=NCCCN3)cc2C)c1. The highest BCUT2D eigenvalue weighted by Gasteiger charge is 2.10. The summed E-state index contributed by atoms with van der Waals surface area (Å²) >= 11 is 0. The molecule has 0 radical (unpaired) electrons. The summed E-state index contributed by atoms with van der Waals surface area (Å²) in [7, 11) is 0. The number of nitrogen functional groups attached to an aromatic ring is 1. The van der Waals surface area contributed by atoms with Crippen LogP contribution in [0.15, 0.2) is 59.6 Å². The van der Waals surface area contributed by atoms with Crippen molar-refractivity contribution in [3.05, 3.63) is 105 Å². The molecular formula is C30H36N4. The van der Waals surface area contributed by atoms with E-state index in [4.69, 9.17) is 11.1 Å². The van der Waals surface area contributed by atoms with Gasteiger partial charge in [0.1, 0.15) is 11.7 Å². The molecule has 0 bridgehead atoms. The second-order valence-electron chi connectivity index (χ2n) is 9.53. The number of aliphatic imine (C=N–C) groups is 1. The zero-order valence-electron chi connectivity index (χ0n) is 20.7. The number of amidine groups is 2. The fourth-order valence-electron chi connectivity index (χ4n) is 4.79. The largest absolute Gasteiger partial charge is 0.384 e. The van der Waals surface area contributed by atoms with Crippen molar-refractivity contribution in [3.63, 3.8) is 0 Å². The Morgan fingerprint density at radius 2 is 1.50 bits per heavy atom. The van der Waals surface area contributed by atoms with Crippen molar-refractivity contribution >= 4 is 11.7 Å². The van der Waals surface area contributed by atoms with Crippen LogP contribution in [0, 0.1) is 26.2 Å². The lowest BCUT2D eigenvalue weighted by atomic mass is 9.94. The van der Waals surface area contributed by atoms with Crippen molar-refractivity contribution < 1.29 is 0 Å². The lowest BCUT2D eigenvalue weighted by Crippen LogP contribution is -2.30. The minimum atomic E-state index is 0.127. The molecule has 0 saturated heterocycles. The van der Waals surface area contributed by atoms with E-state index in [0.29, 0.717) is 0 Å². The molecule has 0 spiro atoms. The van der Waals surface area contributed by atoms with Crippen LogP contribution in [0.1, 0.15) is 56.5 Å². The maximum absolute atomic E-state index is 7.63. The summed E-state index contributed by atoms with van der Waals surface area (Å²) in [5.74, 6) is 1.16. The van der Waals surface area contributed by atoms with Crippen LogP contribution in [0.2, 0.25) is 0 Å². The Kier molecular flexibility index (Phi) is 7.46. The van der Waals surface area contributed by atoms with Crippen LogP contribution in [-0.2, 0) is 25.7 Å². The van der Waals surface area contributed by atoms with E-state index in [0.717, 1.165) is 56.6 Å². The summed E-state index contributed by atoms with van der Waals surface area (Å²) in [6.45, 7) is 8.44. The van der Waals surface area contributed by atoms with Gasteiger partial charge in [-0.3, -0.25) is 10.4 Å². The smallest absolute Gasteiger partial charge is 0.128 e. The average Bonchev–Trinajstić information content (AvgIpc) is 2.82. The number of nitrogens with zero attached hydrogens (tertiary/aromatic N) is 1. The second kappa shape index (κ2) is 10.7. The predicted molar refractivity (Wildman–Crippen MR) is 143 cm³/mol. The lowest BCUT2D eigenvalue weighted by Gasteiger charge is -2.16. The Morgan fingerprint density at radius 3 is 2.06 bits per heavy atom. The molecule has 0 aromatic heterocycles. The Labute approximate surface area is 203 Å². The van der Waals surface area contributed by atoms with Crippen molar-refractivity contribution in [2.24, 2.45) is 10.7 Å². The number of hydrogen-bond acceptors (Lipinski definition) is 3. The topological polar surface area (TPSA) is 74.3 Å². The van der Waals surface area contributed by atoms with E-state index >= 15 is 0 Å². The number of aryl methyl sites for hydroxylation is 7. The molecule has 0 saturated carbocycles. The molecule has 0 atom stereocenters. The summed E-state index contributed by atoms with van der Waals surface area (Å²) in [6, 6.07) is 19.8. The van der Waals surface area contributed by atoms with Gasteiger partial charge in [-0.1, -0.05) is 48.0 Å². The van der Waals surface area contributed by atoms with Gasteiger partial charge in [0.25, 0.3) is 0 Å². The third-order valence-electron chi connectivity index (χ3n) is 6.73. The quantitative estimate of drug-likeness (QED) is 0.324. The summed E-state index contributed by atoms with van der Waals surface area (Å²) in [4.78, 5) is 4.63. The number of nitrogens with one attached hydrogen (secondary N) is 2. The fourth-order valence-corrected chi connectivity index (χ4v) is 4.79. The zero-order valence-corrected chi connectivity index (χ0v) is 20.7. The molecule has 4 rings (SSSR count). The molecule has 0 amide bonds. The minimum Gasteiger partial charge on any atom is -0.384 e. The second-order valence-corrected chi connectivity index (χ2v) is 9.53. The van der Waals surface area contributed by atoms with Crippen LogP contribution in [0.4, 0.5) is 0 Å². The van der Waals surface area contributed by atoms with Gasteiger partial charge in [0.05, 0.1) is 0 Å². The first-order valence-corrected chi connectivity index (χ1v) is 12.3. The normalized spacial score (nSPS) is 13.3. The molecule has 3 aromatic carbocycles. The first-order chi connectivity index (χ1) is 16.4. The van der Waals surface area contributed by atoms with E-state index in [1.807, 2.05) is 12.1 Å². The van der Waals surface area contributed by atoms with Crippen LogP contribution in [0.5, 0.6) is 0 Å². The zero-order chi connectivity index (χ0) is 24.1. The van der Waals surface area contributed by atoms with Gasteiger partial charge in [0, 0.05) is 24.2 Å². The van der Waals surface area contributed by atoms with Gasteiger partial charge in [0.2, 0.25) is 0 Å². The molecule has 3 aromatic rings. The molecular weight excluding hydrogens is 416 g/mol. The molecule has 1 aliphatic rings. The van der Waals surface area contributed by atoms with Gasteiger partial charge >= 0.3 is 0 Å². The van der Waals surface area contributed by atoms with Gasteiger partial charge in [-0.15, -0.1) is 0 Å². The summed E-state index contributed by atoms with van der Waals surface area (Å²) in [6.07, 6.45) is 5.20. The van der Waals surface area contributed by atoms with E-state index in [-0.39, 0.29) is 5.84 Å². The monoisotopic (exact) mass is 452 g/mol. The fraction of sp³-hybridized carbons (Fsp3) is 0.333. The van der Waals surface area contributed by atoms with Gasteiger partial charge in [-0.2, -0.15) is 0 Å². The van der Waals surface area contributed by atoms with Gasteiger partial charge in [-0.25, -0.2) is 0 Å². The van der Waals surface area contributed by atoms with E-state index < -0.39 is 0 Å². The maximum Gasteiger partial charge on any atom is 0.128 e. The highest BCUT2D eigenvalue weighted by molar-refractivity contribution is 5.99. The lowest BCUT2D eigenvalue weighted by molar-refractivity contribution is 0.742.